The Morgan fingerprint density at radius 3 is 2.89 bits per heavy atom. The van der Waals surface area contributed by atoms with Gasteiger partial charge in [-0.3, -0.25) is 14.9 Å². The van der Waals surface area contributed by atoms with Gasteiger partial charge in [-0.25, -0.2) is 0 Å². The van der Waals surface area contributed by atoms with Crippen LogP contribution >= 0.6 is 0 Å². The zero-order valence-electron chi connectivity index (χ0n) is 10.7. The van der Waals surface area contributed by atoms with E-state index in [1.807, 2.05) is 0 Å². The number of piperidine rings is 1. The van der Waals surface area contributed by atoms with Crippen molar-refractivity contribution in [2.45, 2.75) is 25.9 Å². The average molecular weight is 264 g/mol. The summed E-state index contributed by atoms with van der Waals surface area (Å²) >= 11 is 0. The van der Waals surface area contributed by atoms with Crippen LogP contribution in [0.15, 0.2) is 18.2 Å². The number of benzene rings is 1. The summed E-state index contributed by atoms with van der Waals surface area (Å²) in [5.41, 5.74) is 0.710. The van der Waals surface area contributed by atoms with Gasteiger partial charge in [-0.15, -0.1) is 0 Å². The minimum atomic E-state index is -0.549. The van der Waals surface area contributed by atoms with Crippen LogP contribution in [0, 0.1) is 17.0 Å². The van der Waals surface area contributed by atoms with Crippen LogP contribution in [0.1, 0.15) is 28.8 Å². The third-order valence-electron chi connectivity index (χ3n) is 3.26. The number of likely N-dealkylation sites (tertiary alicyclic amines) is 1. The molecule has 0 saturated carbocycles. The molecule has 1 aliphatic rings. The number of nitro benzene ring substituents is 1. The smallest absolute Gasteiger partial charge is 0.282 e. The largest absolute Gasteiger partial charge is 0.391 e. The van der Waals surface area contributed by atoms with E-state index >= 15 is 0 Å². The van der Waals surface area contributed by atoms with Gasteiger partial charge in [0.15, 0.2) is 0 Å². The van der Waals surface area contributed by atoms with Crippen molar-refractivity contribution in [3.63, 3.8) is 0 Å². The van der Waals surface area contributed by atoms with E-state index in [1.54, 1.807) is 13.0 Å². The van der Waals surface area contributed by atoms with Crippen LogP contribution in [0.2, 0.25) is 0 Å². The van der Waals surface area contributed by atoms with E-state index in [-0.39, 0.29) is 23.7 Å². The van der Waals surface area contributed by atoms with E-state index in [9.17, 15) is 20.0 Å². The molecule has 0 aliphatic carbocycles. The second-order valence-electron chi connectivity index (χ2n) is 4.82. The highest BCUT2D eigenvalue weighted by Crippen LogP contribution is 2.23. The summed E-state index contributed by atoms with van der Waals surface area (Å²) < 4.78 is 0. The number of amides is 1. The zero-order chi connectivity index (χ0) is 14.0. The lowest BCUT2D eigenvalue weighted by Gasteiger charge is -2.30. The molecule has 0 aromatic heterocycles. The van der Waals surface area contributed by atoms with Crippen LogP contribution < -0.4 is 0 Å². The number of carbonyl (C=O) groups is 1. The number of carbonyl (C=O) groups excluding carboxylic acids is 1. The fraction of sp³-hybridized carbons (Fsp3) is 0.462. The molecule has 6 nitrogen and oxygen atoms in total. The molecule has 0 radical (unpaired) electrons. The lowest BCUT2D eigenvalue weighted by atomic mass is 10.0. The highest BCUT2D eigenvalue weighted by Gasteiger charge is 2.28. The second-order valence-corrected chi connectivity index (χ2v) is 4.82. The Morgan fingerprint density at radius 1 is 1.53 bits per heavy atom. The molecule has 19 heavy (non-hydrogen) atoms. The summed E-state index contributed by atoms with van der Waals surface area (Å²) in [5.74, 6) is -0.380. The fourth-order valence-corrected chi connectivity index (χ4v) is 2.29. The zero-order valence-corrected chi connectivity index (χ0v) is 10.7. The standard InChI is InChI=1S/C13H16N2O4/c1-9-4-5-12(15(18)19)11(7-9)13(17)14-6-2-3-10(16)8-14/h4-5,7,10,16H,2-3,6,8H2,1H3. The van der Waals surface area contributed by atoms with E-state index in [2.05, 4.69) is 0 Å². The van der Waals surface area contributed by atoms with Gasteiger partial charge in [0.2, 0.25) is 0 Å². The summed E-state index contributed by atoms with van der Waals surface area (Å²) in [4.78, 5) is 24.2. The number of β-amino-alcohol motifs (C(OH)–C–C–N with tert-alkyl or cyclic N) is 1. The third-order valence-corrected chi connectivity index (χ3v) is 3.26. The number of nitrogens with zero attached hydrogens (tertiary/aromatic N) is 2. The molecule has 1 fully saturated rings. The maximum atomic E-state index is 12.3. The molecule has 0 spiro atoms. The predicted molar refractivity (Wildman–Crippen MR) is 69.0 cm³/mol. The normalized spacial score (nSPS) is 19.3. The van der Waals surface area contributed by atoms with Crippen molar-refractivity contribution < 1.29 is 14.8 Å². The lowest BCUT2D eigenvalue weighted by Crippen LogP contribution is -2.42. The van der Waals surface area contributed by atoms with Crippen molar-refractivity contribution in [2.24, 2.45) is 0 Å². The van der Waals surface area contributed by atoms with Crippen LogP contribution in [0.25, 0.3) is 0 Å². The molecule has 1 saturated heterocycles. The molecule has 1 unspecified atom stereocenters. The monoisotopic (exact) mass is 264 g/mol. The number of hydrogen-bond acceptors (Lipinski definition) is 4. The van der Waals surface area contributed by atoms with Crippen LogP contribution in [-0.4, -0.2) is 40.0 Å². The third kappa shape index (κ3) is 2.90. The van der Waals surface area contributed by atoms with Gasteiger partial charge >= 0.3 is 0 Å². The summed E-state index contributed by atoms with van der Waals surface area (Å²) in [7, 11) is 0. The quantitative estimate of drug-likeness (QED) is 0.648. The second kappa shape index (κ2) is 5.36. The van der Waals surface area contributed by atoms with Crippen molar-refractivity contribution >= 4 is 11.6 Å². The Morgan fingerprint density at radius 2 is 2.26 bits per heavy atom. The van der Waals surface area contributed by atoms with Gasteiger partial charge in [0.05, 0.1) is 11.0 Å². The van der Waals surface area contributed by atoms with Crippen LogP contribution in [0.5, 0.6) is 0 Å². The Bertz CT molecular complexity index is 515. The van der Waals surface area contributed by atoms with Gasteiger partial charge in [0.1, 0.15) is 5.56 Å². The molecule has 1 heterocycles. The van der Waals surface area contributed by atoms with E-state index in [4.69, 9.17) is 0 Å². The lowest BCUT2D eigenvalue weighted by molar-refractivity contribution is -0.385. The molecule has 1 aromatic rings. The first-order valence-electron chi connectivity index (χ1n) is 6.21. The van der Waals surface area contributed by atoms with Crippen LogP contribution in [0.4, 0.5) is 5.69 Å². The Balaban J connectivity index is 2.32. The van der Waals surface area contributed by atoms with Crippen LogP contribution in [-0.2, 0) is 0 Å². The van der Waals surface area contributed by atoms with Crippen molar-refractivity contribution in [1.82, 2.24) is 4.90 Å². The fourth-order valence-electron chi connectivity index (χ4n) is 2.29. The summed E-state index contributed by atoms with van der Waals surface area (Å²) in [6.07, 6.45) is 0.841. The van der Waals surface area contributed by atoms with Gasteiger partial charge in [0, 0.05) is 19.2 Å². The Hall–Kier alpha value is -1.95. The maximum Gasteiger partial charge on any atom is 0.282 e. The molecule has 2 rings (SSSR count). The van der Waals surface area contributed by atoms with E-state index < -0.39 is 11.0 Å². The molecule has 1 aromatic carbocycles. The Labute approximate surface area is 110 Å². The summed E-state index contributed by atoms with van der Waals surface area (Å²) in [6, 6.07) is 4.49. The Kier molecular flexibility index (Phi) is 3.80. The molecular weight excluding hydrogens is 248 g/mol. The van der Waals surface area contributed by atoms with Crippen molar-refractivity contribution in [2.75, 3.05) is 13.1 Å². The highest BCUT2D eigenvalue weighted by molar-refractivity contribution is 5.98. The molecule has 6 heteroatoms. The minimum Gasteiger partial charge on any atom is -0.391 e. The molecule has 0 bridgehead atoms. The van der Waals surface area contributed by atoms with Crippen molar-refractivity contribution in [3.05, 3.63) is 39.4 Å². The van der Waals surface area contributed by atoms with Gasteiger partial charge < -0.3 is 10.0 Å². The highest BCUT2D eigenvalue weighted by atomic mass is 16.6. The van der Waals surface area contributed by atoms with Crippen molar-refractivity contribution in [1.29, 1.82) is 0 Å². The van der Waals surface area contributed by atoms with Gasteiger partial charge in [-0.1, -0.05) is 6.07 Å². The number of aryl methyl sites for hydroxylation is 1. The van der Waals surface area contributed by atoms with E-state index in [0.29, 0.717) is 19.4 Å². The summed E-state index contributed by atoms with van der Waals surface area (Å²) in [5, 5.41) is 20.6. The number of nitro groups is 1. The number of aliphatic hydroxyl groups is 1. The number of hydrogen-bond donors (Lipinski definition) is 1. The first-order chi connectivity index (χ1) is 8.99. The van der Waals surface area contributed by atoms with Gasteiger partial charge in [-0.2, -0.15) is 0 Å². The number of rotatable bonds is 2. The minimum absolute atomic E-state index is 0.0964. The molecule has 1 atom stereocenters. The number of aliphatic hydroxyl groups excluding tert-OH is 1. The molecular formula is C13H16N2O4. The average Bonchev–Trinajstić information content (AvgIpc) is 2.37. The van der Waals surface area contributed by atoms with Crippen molar-refractivity contribution in [3.8, 4) is 0 Å². The SMILES string of the molecule is Cc1ccc([N+](=O)[O-])c(C(=O)N2CCCC(O)C2)c1. The molecule has 102 valence electrons. The first-order valence-corrected chi connectivity index (χ1v) is 6.21. The van der Waals surface area contributed by atoms with E-state index in [0.717, 1.165) is 5.56 Å². The van der Waals surface area contributed by atoms with Crippen LogP contribution in [0.3, 0.4) is 0 Å². The van der Waals surface area contributed by atoms with E-state index in [1.165, 1.54) is 17.0 Å². The predicted octanol–water partition coefficient (Wildman–Crippen LogP) is 1.50. The maximum absolute atomic E-state index is 12.3. The van der Waals surface area contributed by atoms with Gasteiger partial charge in [0.25, 0.3) is 11.6 Å². The summed E-state index contributed by atoms with van der Waals surface area (Å²) in [6.45, 7) is 2.55. The first kappa shape index (κ1) is 13.5. The topological polar surface area (TPSA) is 83.7 Å². The molecule has 1 aliphatic heterocycles. The molecule has 1 amide bonds. The molecule has 1 N–H and O–H groups in total. The van der Waals surface area contributed by atoms with Gasteiger partial charge in [-0.05, 0) is 31.4 Å².